The molecule has 1 heterocycles. The fourth-order valence-corrected chi connectivity index (χ4v) is 4.42. The van der Waals surface area contributed by atoms with Crippen molar-refractivity contribution in [1.82, 2.24) is 9.80 Å². The number of Topliss-reactive ketones (excluding diaryl/α,β-unsaturated/α-hetero) is 2. The summed E-state index contributed by atoms with van der Waals surface area (Å²) in [5.74, 6) is 4.67. The van der Waals surface area contributed by atoms with E-state index in [1.54, 1.807) is 31.2 Å². The minimum Gasteiger partial charge on any atom is -0.388 e. The Hall–Kier alpha value is -3.31. The van der Waals surface area contributed by atoms with Crippen LogP contribution in [0.3, 0.4) is 0 Å². The number of morpholine rings is 1. The third-order valence-corrected chi connectivity index (χ3v) is 6.16. The Bertz CT molecular complexity index is 1100. The molecule has 36 heavy (non-hydrogen) atoms. The Morgan fingerprint density at radius 3 is 2.00 bits per heavy atom. The van der Waals surface area contributed by atoms with Crippen LogP contribution in [0.2, 0.25) is 0 Å². The lowest BCUT2D eigenvalue weighted by Crippen LogP contribution is -2.48. The third kappa shape index (κ3) is 7.11. The largest absolute Gasteiger partial charge is 0.388 e. The van der Waals surface area contributed by atoms with Crippen molar-refractivity contribution < 1.29 is 24.2 Å². The van der Waals surface area contributed by atoms with Crippen LogP contribution in [-0.2, 0) is 20.9 Å². The number of carbonyl (C=O) groups excluding carboxylic acids is 3. The molecular formula is C29H34N2O5. The van der Waals surface area contributed by atoms with Crippen LogP contribution < -0.4 is 0 Å². The van der Waals surface area contributed by atoms with Crippen LogP contribution >= 0.6 is 0 Å². The van der Waals surface area contributed by atoms with Gasteiger partial charge < -0.3 is 14.7 Å². The number of amides is 1. The summed E-state index contributed by atoms with van der Waals surface area (Å²) in [6.45, 7) is 7.75. The molecule has 1 fully saturated rings. The number of aliphatic hydroxyl groups is 1. The number of aliphatic hydroxyl groups excluding tert-OH is 1. The number of ether oxygens (including phenoxy) is 1. The van der Waals surface area contributed by atoms with Gasteiger partial charge in [0, 0.05) is 49.8 Å². The predicted molar refractivity (Wildman–Crippen MR) is 137 cm³/mol. The van der Waals surface area contributed by atoms with Gasteiger partial charge in [0.1, 0.15) is 6.61 Å². The van der Waals surface area contributed by atoms with E-state index < -0.39 is 30.1 Å². The predicted octanol–water partition coefficient (Wildman–Crippen LogP) is 2.68. The Labute approximate surface area is 213 Å². The van der Waals surface area contributed by atoms with Gasteiger partial charge in [-0.1, -0.05) is 30.9 Å². The second-order valence-electron chi connectivity index (χ2n) is 9.24. The van der Waals surface area contributed by atoms with Crippen LogP contribution in [-0.4, -0.2) is 77.4 Å². The first-order chi connectivity index (χ1) is 17.2. The SMILES string of the molecule is CCC(=O)C(C(=O)CO)N(C)C(=O)c1ccc(C#Cc2ccc(CN3C[C@@H](C)O[C@@H](C)C3)cc2)cc1. The van der Waals surface area contributed by atoms with Crippen LogP contribution in [0.5, 0.6) is 0 Å². The summed E-state index contributed by atoms with van der Waals surface area (Å²) in [4.78, 5) is 40.5. The van der Waals surface area contributed by atoms with E-state index in [0.29, 0.717) is 5.56 Å². The topological polar surface area (TPSA) is 87.2 Å². The van der Waals surface area contributed by atoms with Crippen LogP contribution in [0.25, 0.3) is 0 Å². The Balaban J connectivity index is 1.63. The average molecular weight is 491 g/mol. The average Bonchev–Trinajstić information content (AvgIpc) is 2.87. The van der Waals surface area contributed by atoms with Gasteiger partial charge in [-0.3, -0.25) is 19.3 Å². The maximum absolute atomic E-state index is 12.8. The smallest absolute Gasteiger partial charge is 0.254 e. The van der Waals surface area contributed by atoms with E-state index in [4.69, 9.17) is 4.74 Å². The second kappa shape index (κ2) is 12.6. The molecule has 0 saturated carbocycles. The zero-order valence-electron chi connectivity index (χ0n) is 21.4. The lowest BCUT2D eigenvalue weighted by molar-refractivity contribution is -0.134. The lowest BCUT2D eigenvalue weighted by Gasteiger charge is -2.35. The molecule has 3 atom stereocenters. The molecular weight excluding hydrogens is 456 g/mol. The molecule has 1 unspecified atom stereocenters. The summed E-state index contributed by atoms with van der Waals surface area (Å²) in [7, 11) is 1.39. The highest BCUT2D eigenvalue weighted by Crippen LogP contribution is 2.15. The second-order valence-corrected chi connectivity index (χ2v) is 9.24. The van der Waals surface area contributed by atoms with Crippen molar-refractivity contribution >= 4 is 17.5 Å². The van der Waals surface area contributed by atoms with E-state index in [2.05, 4.69) is 42.7 Å². The zero-order chi connectivity index (χ0) is 26.2. The number of ketones is 2. The van der Waals surface area contributed by atoms with Crippen LogP contribution in [0.15, 0.2) is 48.5 Å². The molecule has 1 aliphatic heterocycles. The molecule has 0 bridgehead atoms. The summed E-state index contributed by atoms with van der Waals surface area (Å²) in [6, 6.07) is 13.6. The molecule has 7 heteroatoms. The van der Waals surface area contributed by atoms with E-state index in [0.717, 1.165) is 35.7 Å². The maximum atomic E-state index is 12.8. The van der Waals surface area contributed by atoms with E-state index in [1.807, 2.05) is 12.1 Å². The van der Waals surface area contributed by atoms with Gasteiger partial charge in [0.2, 0.25) is 0 Å². The van der Waals surface area contributed by atoms with Gasteiger partial charge >= 0.3 is 0 Å². The first kappa shape index (κ1) is 27.3. The molecule has 2 aromatic carbocycles. The molecule has 0 aromatic heterocycles. The fraction of sp³-hybridized carbons (Fsp3) is 0.414. The Morgan fingerprint density at radius 1 is 0.972 bits per heavy atom. The maximum Gasteiger partial charge on any atom is 0.254 e. The van der Waals surface area contributed by atoms with Crippen molar-refractivity contribution in [2.75, 3.05) is 26.7 Å². The van der Waals surface area contributed by atoms with Crippen molar-refractivity contribution in [2.45, 2.75) is 52.0 Å². The Morgan fingerprint density at radius 2 is 1.50 bits per heavy atom. The molecule has 1 aliphatic rings. The molecule has 1 N–H and O–H groups in total. The number of hydrogen-bond donors (Lipinski definition) is 1. The van der Waals surface area contributed by atoms with Crippen molar-refractivity contribution in [2.24, 2.45) is 0 Å². The van der Waals surface area contributed by atoms with Gasteiger partial charge in [-0.25, -0.2) is 0 Å². The lowest BCUT2D eigenvalue weighted by atomic mass is 10.0. The van der Waals surface area contributed by atoms with Gasteiger partial charge in [0.15, 0.2) is 17.6 Å². The van der Waals surface area contributed by atoms with E-state index in [1.165, 1.54) is 12.6 Å². The van der Waals surface area contributed by atoms with Crippen molar-refractivity contribution in [1.29, 1.82) is 0 Å². The standard InChI is InChI=1S/C29H34N2O5/c1-5-26(33)28(27(34)19-32)30(4)29(35)25-14-12-23(13-15-25)7-6-22-8-10-24(11-9-22)18-31-16-20(2)36-21(3)17-31/h8-15,20-21,28,32H,5,16-19H2,1-4H3/t20-,21+,28?. The number of rotatable bonds is 8. The molecule has 3 rings (SSSR count). The highest BCUT2D eigenvalue weighted by molar-refractivity contribution is 6.10. The number of benzene rings is 2. The summed E-state index contributed by atoms with van der Waals surface area (Å²) in [6.07, 6.45) is 0.573. The van der Waals surface area contributed by atoms with Crippen LogP contribution in [0, 0.1) is 11.8 Å². The van der Waals surface area contributed by atoms with Gasteiger partial charge in [-0.15, -0.1) is 0 Å². The summed E-state index contributed by atoms with van der Waals surface area (Å²) in [5.41, 5.74) is 3.19. The van der Waals surface area contributed by atoms with Crippen molar-refractivity contribution in [3.05, 3.63) is 70.8 Å². The van der Waals surface area contributed by atoms with E-state index >= 15 is 0 Å². The minimum atomic E-state index is -1.29. The molecule has 1 amide bonds. The van der Waals surface area contributed by atoms with Crippen LogP contribution in [0.1, 0.15) is 54.2 Å². The fourth-order valence-electron chi connectivity index (χ4n) is 4.42. The summed E-state index contributed by atoms with van der Waals surface area (Å²) in [5, 5.41) is 9.19. The summed E-state index contributed by atoms with van der Waals surface area (Å²) < 4.78 is 5.80. The highest BCUT2D eigenvalue weighted by Gasteiger charge is 2.32. The molecule has 7 nitrogen and oxygen atoms in total. The first-order valence-electron chi connectivity index (χ1n) is 12.2. The van der Waals surface area contributed by atoms with Crippen molar-refractivity contribution in [3.63, 3.8) is 0 Å². The number of nitrogens with zero attached hydrogens (tertiary/aromatic N) is 2. The molecule has 0 radical (unpaired) electrons. The Kier molecular flexibility index (Phi) is 9.54. The van der Waals surface area contributed by atoms with E-state index in [-0.39, 0.29) is 18.6 Å². The summed E-state index contributed by atoms with van der Waals surface area (Å²) >= 11 is 0. The number of likely N-dealkylation sites (N-methyl/N-ethyl adjacent to an activating group) is 1. The third-order valence-electron chi connectivity index (χ3n) is 6.16. The highest BCUT2D eigenvalue weighted by atomic mass is 16.5. The van der Waals surface area contributed by atoms with Gasteiger partial charge in [0.05, 0.1) is 12.2 Å². The molecule has 2 aromatic rings. The van der Waals surface area contributed by atoms with Crippen LogP contribution in [0.4, 0.5) is 0 Å². The minimum absolute atomic E-state index is 0.0924. The van der Waals surface area contributed by atoms with Gasteiger partial charge in [-0.05, 0) is 55.8 Å². The van der Waals surface area contributed by atoms with Crippen molar-refractivity contribution in [3.8, 4) is 11.8 Å². The van der Waals surface area contributed by atoms with Gasteiger partial charge in [-0.2, -0.15) is 0 Å². The molecule has 0 spiro atoms. The van der Waals surface area contributed by atoms with Gasteiger partial charge in [0.25, 0.3) is 5.91 Å². The van der Waals surface area contributed by atoms with E-state index in [9.17, 15) is 19.5 Å². The quantitative estimate of drug-likeness (QED) is 0.452. The monoisotopic (exact) mass is 490 g/mol. The normalized spacial score (nSPS) is 18.6. The zero-order valence-corrected chi connectivity index (χ0v) is 21.4. The number of carbonyl (C=O) groups is 3. The first-order valence-corrected chi connectivity index (χ1v) is 12.2. The molecule has 190 valence electrons. The molecule has 1 saturated heterocycles. The molecule has 0 aliphatic carbocycles. The number of hydrogen-bond acceptors (Lipinski definition) is 6.